The molecule has 1 N–H and O–H groups in total. The SMILES string of the molecule is O=S(=O)(N[C@H]1c2cccc3cccc(c23)[C@@H]1N1CCOCC1)c1ccccc1. The van der Waals surface area contributed by atoms with E-state index in [2.05, 4.69) is 33.9 Å². The number of ether oxygens (including phenoxy) is 1. The summed E-state index contributed by atoms with van der Waals surface area (Å²) in [7, 11) is -3.64. The van der Waals surface area contributed by atoms with Gasteiger partial charge in [0.05, 0.1) is 30.2 Å². The lowest BCUT2D eigenvalue weighted by atomic mass is 10.0. The van der Waals surface area contributed by atoms with E-state index in [4.69, 9.17) is 4.74 Å². The molecule has 2 aliphatic rings. The predicted molar refractivity (Wildman–Crippen MR) is 109 cm³/mol. The van der Waals surface area contributed by atoms with Crippen molar-refractivity contribution >= 4 is 20.8 Å². The van der Waals surface area contributed by atoms with Crippen molar-refractivity contribution in [2.45, 2.75) is 17.0 Å². The van der Waals surface area contributed by atoms with Gasteiger partial charge < -0.3 is 4.74 Å². The van der Waals surface area contributed by atoms with Gasteiger partial charge in [0.2, 0.25) is 10.0 Å². The Hall–Kier alpha value is -2.25. The van der Waals surface area contributed by atoms with Crippen molar-refractivity contribution in [3.8, 4) is 0 Å². The van der Waals surface area contributed by atoms with Crippen molar-refractivity contribution in [3.63, 3.8) is 0 Å². The van der Waals surface area contributed by atoms with Crippen molar-refractivity contribution in [2.24, 2.45) is 0 Å². The highest BCUT2D eigenvalue weighted by molar-refractivity contribution is 7.89. The molecule has 1 aliphatic heterocycles. The monoisotopic (exact) mass is 394 g/mol. The third-order valence-corrected chi connectivity index (χ3v) is 7.17. The van der Waals surface area contributed by atoms with Crippen molar-refractivity contribution in [1.29, 1.82) is 0 Å². The fourth-order valence-electron chi connectivity index (χ4n) is 4.48. The molecular formula is C22H22N2O3S. The van der Waals surface area contributed by atoms with Crippen LogP contribution in [-0.2, 0) is 14.8 Å². The molecule has 144 valence electrons. The number of rotatable bonds is 4. The molecular weight excluding hydrogens is 372 g/mol. The van der Waals surface area contributed by atoms with E-state index in [1.54, 1.807) is 24.3 Å². The first-order chi connectivity index (χ1) is 13.6. The highest BCUT2D eigenvalue weighted by atomic mass is 32.2. The van der Waals surface area contributed by atoms with Gasteiger partial charge in [0.1, 0.15) is 0 Å². The normalized spacial score (nSPS) is 22.6. The van der Waals surface area contributed by atoms with Gasteiger partial charge in [-0.1, -0.05) is 54.6 Å². The summed E-state index contributed by atoms with van der Waals surface area (Å²) in [6, 6.07) is 20.6. The Morgan fingerprint density at radius 2 is 1.54 bits per heavy atom. The summed E-state index contributed by atoms with van der Waals surface area (Å²) in [6.45, 7) is 2.92. The minimum absolute atomic E-state index is 0.0384. The highest BCUT2D eigenvalue weighted by Crippen LogP contribution is 2.47. The van der Waals surface area contributed by atoms with E-state index in [1.807, 2.05) is 18.2 Å². The van der Waals surface area contributed by atoms with Crippen LogP contribution in [0.5, 0.6) is 0 Å². The van der Waals surface area contributed by atoms with Crippen LogP contribution in [-0.4, -0.2) is 39.6 Å². The predicted octanol–water partition coefficient (Wildman–Crippen LogP) is 3.25. The zero-order valence-electron chi connectivity index (χ0n) is 15.4. The molecule has 1 heterocycles. The molecule has 5 nitrogen and oxygen atoms in total. The quantitative estimate of drug-likeness (QED) is 0.738. The maximum Gasteiger partial charge on any atom is 0.241 e. The van der Waals surface area contributed by atoms with Crippen LogP contribution < -0.4 is 4.72 Å². The summed E-state index contributed by atoms with van der Waals surface area (Å²) in [6.07, 6.45) is 0. The molecule has 3 aromatic carbocycles. The Balaban J connectivity index is 1.61. The standard InChI is InChI=1S/C22H22N2O3S/c25-28(26,17-8-2-1-3-9-17)23-21-18-10-4-6-16-7-5-11-19(20(16)18)22(21)24-12-14-27-15-13-24/h1-11,21-23H,12-15H2/t21-,22-/m0/s1. The van der Waals surface area contributed by atoms with Gasteiger partial charge in [0.25, 0.3) is 0 Å². The summed E-state index contributed by atoms with van der Waals surface area (Å²) >= 11 is 0. The van der Waals surface area contributed by atoms with Gasteiger partial charge in [0, 0.05) is 13.1 Å². The molecule has 1 aliphatic carbocycles. The maximum absolute atomic E-state index is 13.1. The van der Waals surface area contributed by atoms with Gasteiger partial charge in [-0.2, -0.15) is 0 Å². The van der Waals surface area contributed by atoms with Crippen LogP contribution in [0.4, 0.5) is 0 Å². The van der Waals surface area contributed by atoms with Crippen LogP contribution in [0.1, 0.15) is 23.2 Å². The molecule has 0 aromatic heterocycles. The average molecular weight is 394 g/mol. The number of nitrogens with one attached hydrogen (secondary N) is 1. The van der Waals surface area contributed by atoms with E-state index in [-0.39, 0.29) is 12.1 Å². The molecule has 0 amide bonds. The molecule has 0 unspecified atom stereocenters. The van der Waals surface area contributed by atoms with Crippen LogP contribution in [0, 0.1) is 0 Å². The summed E-state index contributed by atoms with van der Waals surface area (Å²) < 4.78 is 34.8. The molecule has 28 heavy (non-hydrogen) atoms. The van der Waals surface area contributed by atoms with E-state index in [0.717, 1.165) is 24.0 Å². The molecule has 5 rings (SSSR count). The van der Waals surface area contributed by atoms with Gasteiger partial charge in [-0.05, 0) is 34.0 Å². The van der Waals surface area contributed by atoms with Gasteiger partial charge in [-0.15, -0.1) is 0 Å². The van der Waals surface area contributed by atoms with E-state index in [0.29, 0.717) is 18.1 Å². The van der Waals surface area contributed by atoms with E-state index in [9.17, 15) is 8.42 Å². The molecule has 2 atom stereocenters. The second-order valence-electron chi connectivity index (χ2n) is 7.30. The minimum Gasteiger partial charge on any atom is -0.379 e. The highest BCUT2D eigenvalue weighted by Gasteiger charge is 2.40. The van der Waals surface area contributed by atoms with Crippen molar-refractivity contribution in [2.75, 3.05) is 26.3 Å². The minimum atomic E-state index is -3.64. The second-order valence-corrected chi connectivity index (χ2v) is 9.01. The molecule has 1 saturated heterocycles. The van der Waals surface area contributed by atoms with Crippen LogP contribution in [0.25, 0.3) is 10.8 Å². The fourth-order valence-corrected chi connectivity index (χ4v) is 5.72. The topological polar surface area (TPSA) is 58.6 Å². The zero-order chi connectivity index (χ0) is 19.1. The Labute approximate surface area is 165 Å². The third kappa shape index (κ3) is 2.93. The van der Waals surface area contributed by atoms with Crippen LogP contribution in [0.2, 0.25) is 0 Å². The molecule has 0 bridgehead atoms. The number of sulfonamides is 1. The summed E-state index contributed by atoms with van der Waals surface area (Å²) in [5.74, 6) is 0. The van der Waals surface area contributed by atoms with Crippen molar-refractivity contribution in [3.05, 3.63) is 77.9 Å². The number of hydrogen-bond acceptors (Lipinski definition) is 4. The van der Waals surface area contributed by atoms with Gasteiger partial charge in [0.15, 0.2) is 0 Å². The summed E-state index contributed by atoms with van der Waals surface area (Å²) in [5, 5.41) is 2.32. The molecule has 6 heteroatoms. The maximum atomic E-state index is 13.1. The molecule has 0 spiro atoms. The lowest BCUT2D eigenvalue weighted by molar-refractivity contribution is 0.0106. The summed E-state index contributed by atoms with van der Waals surface area (Å²) in [4.78, 5) is 2.63. The van der Waals surface area contributed by atoms with Gasteiger partial charge >= 0.3 is 0 Å². The summed E-state index contributed by atoms with van der Waals surface area (Å²) in [5.41, 5.74) is 2.24. The number of hydrogen-bond donors (Lipinski definition) is 1. The van der Waals surface area contributed by atoms with Crippen molar-refractivity contribution in [1.82, 2.24) is 9.62 Å². The van der Waals surface area contributed by atoms with Crippen LogP contribution >= 0.6 is 0 Å². The molecule has 0 radical (unpaired) electrons. The Morgan fingerprint density at radius 3 is 2.25 bits per heavy atom. The number of benzene rings is 3. The molecule has 0 saturated carbocycles. The van der Waals surface area contributed by atoms with E-state index < -0.39 is 10.0 Å². The molecule has 3 aromatic rings. The van der Waals surface area contributed by atoms with Crippen LogP contribution in [0.3, 0.4) is 0 Å². The molecule has 1 fully saturated rings. The lowest BCUT2D eigenvalue weighted by Crippen LogP contribution is -2.44. The first kappa shape index (κ1) is 17.8. The second kappa shape index (κ2) is 6.97. The average Bonchev–Trinajstić information content (AvgIpc) is 3.04. The first-order valence-corrected chi connectivity index (χ1v) is 11.0. The first-order valence-electron chi connectivity index (χ1n) is 9.56. The van der Waals surface area contributed by atoms with Gasteiger partial charge in [-0.25, -0.2) is 13.1 Å². The van der Waals surface area contributed by atoms with Gasteiger partial charge in [-0.3, -0.25) is 4.90 Å². The smallest absolute Gasteiger partial charge is 0.241 e. The third-order valence-electron chi connectivity index (χ3n) is 5.71. The Bertz CT molecular complexity index is 1100. The van der Waals surface area contributed by atoms with Crippen molar-refractivity contribution < 1.29 is 13.2 Å². The van der Waals surface area contributed by atoms with Crippen LogP contribution in [0.15, 0.2) is 71.6 Å². The Kier molecular flexibility index (Phi) is 4.44. The van der Waals surface area contributed by atoms with E-state index >= 15 is 0 Å². The van der Waals surface area contributed by atoms with E-state index in [1.165, 1.54) is 10.9 Å². The Morgan fingerprint density at radius 1 is 0.857 bits per heavy atom. The zero-order valence-corrected chi connectivity index (χ0v) is 16.2. The fraction of sp³-hybridized carbons (Fsp3) is 0.273. The number of morpholine rings is 1. The number of nitrogens with zero attached hydrogens (tertiary/aromatic N) is 1. The lowest BCUT2D eigenvalue weighted by Gasteiger charge is -2.36. The largest absolute Gasteiger partial charge is 0.379 e.